The van der Waals surface area contributed by atoms with Gasteiger partial charge in [0.2, 0.25) is 5.91 Å². The van der Waals surface area contributed by atoms with Crippen molar-refractivity contribution < 1.29 is 9.53 Å². The van der Waals surface area contributed by atoms with Crippen molar-refractivity contribution in [3.63, 3.8) is 0 Å². The highest BCUT2D eigenvalue weighted by Crippen LogP contribution is 2.25. The summed E-state index contributed by atoms with van der Waals surface area (Å²) in [6.07, 6.45) is 2.53. The second-order valence-corrected chi connectivity index (χ2v) is 5.83. The topological polar surface area (TPSA) is 50.4 Å². The Morgan fingerprint density at radius 1 is 1.50 bits per heavy atom. The summed E-state index contributed by atoms with van der Waals surface area (Å²) in [5, 5.41) is 6.81. The predicted octanol–water partition coefficient (Wildman–Crippen LogP) is 0.233. The summed E-state index contributed by atoms with van der Waals surface area (Å²) in [4.78, 5) is 11.9. The third-order valence-electron chi connectivity index (χ3n) is 3.32. The van der Waals surface area contributed by atoms with Crippen LogP contribution in [0.2, 0.25) is 0 Å². The van der Waals surface area contributed by atoms with E-state index in [1.807, 2.05) is 18.8 Å². The zero-order chi connectivity index (χ0) is 11.4. The van der Waals surface area contributed by atoms with Crippen LogP contribution < -0.4 is 10.6 Å². The van der Waals surface area contributed by atoms with Crippen LogP contribution in [0.4, 0.5) is 0 Å². The average Bonchev–Trinajstić information content (AvgIpc) is 2.96. The molecule has 0 aromatic carbocycles. The highest BCUT2D eigenvalue weighted by atomic mass is 32.2. The molecular formula is C11H20N2O2S. The largest absolute Gasteiger partial charge is 0.379 e. The Morgan fingerprint density at radius 2 is 2.38 bits per heavy atom. The van der Waals surface area contributed by atoms with Gasteiger partial charge in [-0.1, -0.05) is 0 Å². The average molecular weight is 244 g/mol. The second-order valence-electron chi connectivity index (χ2n) is 4.42. The third-order valence-corrected chi connectivity index (χ3v) is 4.71. The molecule has 4 nitrogen and oxygen atoms in total. The molecule has 2 rings (SSSR count). The van der Waals surface area contributed by atoms with Crippen molar-refractivity contribution in [1.29, 1.82) is 0 Å². The molecule has 3 unspecified atom stereocenters. The molecule has 1 amide bonds. The van der Waals surface area contributed by atoms with E-state index in [-0.39, 0.29) is 17.9 Å². The van der Waals surface area contributed by atoms with Gasteiger partial charge >= 0.3 is 0 Å². The Kier molecular flexibility index (Phi) is 4.49. The van der Waals surface area contributed by atoms with Gasteiger partial charge in [-0.3, -0.25) is 4.79 Å². The van der Waals surface area contributed by atoms with Crippen molar-refractivity contribution in [3.8, 4) is 0 Å². The van der Waals surface area contributed by atoms with Crippen LogP contribution in [-0.2, 0) is 9.53 Å². The molecule has 16 heavy (non-hydrogen) atoms. The van der Waals surface area contributed by atoms with Gasteiger partial charge in [0.05, 0.1) is 19.1 Å². The van der Waals surface area contributed by atoms with Gasteiger partial charge in [0, 0.05) is 17.8 Å². The minimum Gasteiger partial charge on any atom is -0.379 e. The molecule has 0 aromatic rings. The first-order valence-corrected chi connectivity index (χ1v) is 7.00. The maximum Gasteiger partial charge on any atom is 0.227 e. The zero-order valence-corrected chi connectivity index (χ0v) is 10.5. The minimum absolute atomic E-state index is 0.0172. The van der Waals surface area contributed by atoms with Gasteiger partial charge in [0.1, 0.15) is 0 Å². The number of carbonyl (C=O) groups excluding carboxylic acids is 1. The molecule has 0 radical (unpaired) electrons. The van der Waals surface area contributed by atoms with E-state index in [0.717, 1.165) is 6.54 Å². The fourth-order valence-electron chi connectivity index (χ4n) is 2.25. The highest BCUT2D eigenvalue weighted by molar-refractivity contribution is 8.00. The highest BCUT2D eigenvalue weighted by Gasteiger charge is 2.33. The molecule has 2 N–H and O–H groups in total. The van der Waals surface area contributed by atoms with Crippen molar-refractivity contribution >= 4 is 17.7 Å². The van der Waals surface area contributed by atoms with E-state index in [1.54, 1.807) is 0 Å². The fourth-order valence-corrected chi connectivity index (χ4v) is 3.45. The summed E-state index contributed by atoms with van der Waals surface area (Å²) in [6, 6.07) is 0.177. The van der Waals surface area contributed by atoms with E-state index in [9.17, 15) is 4.79 Å². The van der Waals surface area contributed by atoms with Crippen LogP contribution in [0.1, 0.15) is 12.8 Å². The standard InChI is InChI=1S/C11H20N2O2S/c1-12-10-7-15-6-9(10)11(14)13-5-8-3-2-4-16-8/h8-10,12H,2-7H2,1H3,(H,13,14). The lowest BCUT2D eigenvalue weighted by atomic mass is 10.0. The molecule has 2 saturated heterocycles. The molecule has 0 bridgehead atoms. The molecule has 2 aliphatic rings. The van der Waals surface area contributed by atoms with E-state index in [4.69, 9.17) is 4.74 Å². The number of amides is 1. The number of hydrogen-bond donors (Lipinski definition) is 2. The summed E-state index contributed by atoms with van der Waals surface area (Å²) >= 11 is 1.97. The van der Waals surface area contributed by atoms with Crippen molar-refractivity contribution in [3.05, 3.63) is 0 Å². The number of ether oxygens (including phenoxy) is 1. The zero-order valence-electron chi connectivity index (χ0n) is 9.70. The monoisotopic (exact) mass is 244 g/mol. The van der Waals surface area contributed by atoms with Crippen LogP contribution in [0.3, 0.4) is 0 Å². The molecule has 0 aliphatic carbocycles. The van der Waals surface area contributed by atoms with Gasteiger partial charge < -0.3 is 15.4 Å². The van der Waals surface area contributed by atoms with Crippen molar-refractivity contribution in [2.45, 2.75) is 24.1 Å². The first-order chi connectivity index (χ1) is 7.81. The lowest BCUT2D eigenvalue weighted by molar-refractivity contribution is -0.125. The third kappa shape index (κ3) is 2.90. The van der Waals surface area contributed by atoms with E-state index in [1.165, 1.54) is 18.6 Å². The smallest absolute Gasteiger partial charge is 0.227 e. The van der Waals surface area contributed by atoms with Gasteiger partial charge in [0.15, 0.2) is 0 Å². The number of likely N-dealkylation sites (N-methyl/N-ethyl adjacent to an activating group) is 1. The Balaban J connectivity index is 1.74. The molecule has 2 fully saturated rings. The molecule has 0 aromatic heterocycles. The SMILES string of the molecule is CNC1COCC1C(=O)NCC1CCCS1. The van der Waals surface area contributed by atoms with Gasteiger partial charge in [-0.05, 0) is 25.6 Å². The number of carbonyl (C=O) groups is 1. The minimum atomic E-state index is -0.0172. The second kappa shape index (κ2) is 5.89. The summed E-state index contributed by atoms with van der Waals surface area (Å²) in [5.41, 5.74) is 0. The molecule has 92 valence electrons. The van der Waals surface area contributed by atoms with Crippen molar-refractivity contribution in [2.75, 3.05) is 32.6 Å². The number of nitrogens with one attached hydrogen (secondary N) is 2. The summed E-state index contributed by atoms with van der Waals surface area (Å²) in [6.45, 7) is 2.01. The van der Waals surface area contributed by atoms with Gasteiger partial charge in [-0.15, -0.1) is 0 Å². The first kappa shape index (κ1) is 12.2. The molecular weight excluding hydrogens is 224 g/mol. The van der Waals surface area contributed by atoms with E-state index < -0.39 is 0 Å². The molecule has 0 saturated carbocycles. The fraction of sp³-hybridized carbons (Fsp3) is 0.909. The van der Waals surface area contributed by atoms with Crippen molar-refractivity contribution in [2.24, 2.45) is 5.92 Å². The molecule has 2 heterocycles. The Labute approximate surface area is 101 Å². The summed E-state index contributed by atoms with van der Waals surface area (Å²) in [5.74, 6) is 1.37. The molecule has 2 aliphatic heterocycles. The van der Waals surface area contributed by atoms with Crippen LogP contribution in [0.15, 0.2) is 0 Å². The van der Waals surface area contributed by atoms with E-state index >= 15 is 0 Å². The summed E-state index contributed by atoms with van der Waals surface area (Å²) < 4.78 is 5.33. The normalized spacial score (nSPS) is 34.2. The van der Waals surface area contributed by atoms with Gasteiger partial charge in [0.25, 0.3) is 0 Å². The van der Waals surface area contributed by atoms with Gasteiger partial charge in [-0.25, -0.2) is 0 Å². The number of thioether (sulfide) groups is 1. The molecule has 0 spiro atoms. The first-order valence-electron chi connectivity index (χ1n) is 5.95. The van der Waals surface area contributed by atoms with Gasteiger partial charge in [-0.2, -0.15) is 11.8 Å². The van der Waals surface area contributed by atoms with Crippen LogP contribution in [0.25, 0.3) is 0 Å². The maximum absolute atomic E-state index is 11.9. The number of rotatable bonds is 4. The molecule has 3 atom stereocenters. The Morgan fingerprint density at radius 3 is 3.06 bits per heavy atom. The summed E-state index contributed by atoms with van der Waals surface area (Å²) in [7, 11) is 1.88. The Hall–Kier alpha value is -0.260. The Bertz CT molecular complexity index is 244. The van der Waals surface area contributed by atoms with Crippen LogP contribution in [-0.4, -0.2) is 49.8 Å². The maximum atomic E-state index is 11.9. The van der Waals surface area contributed by atoms with Crippen LogP contribution >= 0.6 is 11.8 Å². The van der Waals surface area contributed by atoms with E-state index in [2.05, 4.69) is 10.6 Å². The lowest BCUT2D eigenvalue weighted by Crippen LogP contribution is -2.44. The van der Waals surface area contributed by atoms with Crippen LogP contribution in [0.5, 0.6) is 0 Å². The number of hydrogen-bond acceptors (Lipinski definition) is 4. The van der Waals surface area contributed by atoms with Crippen LogP contribution in [0, 0.1) is 5.92 Å². The lowest BCUT2D eigenvalue weighted by Gasteiger charge is -2.17. The quantitative estimate of drug-likeness (QED) is 0.743. The predicted molar refractivity (Wildman–Crippen MR) is 65.6 cm³/mol. The van der Waals surface area contributed by atoms with Crippen molar-refractivity contribution in [1.82, 2.24) is 10.6 Å². The molecule has 5 heteroatoms. The van der Waals surface area contributed by atoms with E-state index in [0.29, 0.717) is 18.5 Å².